The lowest BCUT2D eigenvalue weighted by molar-refractivity contribution is 0.0696. The smallest absolute Gasteiger partial charge is 0.407 e. The first-order valence-electron chi connectivity index (χ1n) is 10.2. The number of carbonyl (C=O) groups is 2. The predicted molar refractivity (Wildman–Crippen MR) is 122 cm³/mol. The third-order valence-corrected chi connectivity index (χ3v) is 5.78. The van der Waals surface area contributed by atoms with Crippen LogP contribution in [-0.4, -0.2) is 36.4 Å². The Balaban J connectivity index is 1.33. The minimum absolute atomic E-state index is 0.0164. The molecule has 0 radical (unpaired) electrons. The van der Waals surface area contributed by atoms with E-state index in [1.54, 1.807) is 19.1 Å². The molecular weight excluding hydrogens is 430 g/mol. The molecule has 1 atom stereocenters. The molecule has 0 heterocycles. The number of benzene rings is 3. The highest BCUT2D eigenvalue weighted by Crippen LogP contribution is 2.44. The van der Waals surface area contributed by atoms with Crippen LogP contribution in [0.2, 0.25) is 5.02 Å². The van der Waals surface area contributed by atoms with Gasteiger partial charge in [-0.2, -0.15) is 0 Å². The molecule has 0 saturated carbocycles. The van der Waals surface area contributed by atoms with Crippen molar-refractivity contribution in [2.24, 2.45) is 0 Å². The zero-order valence-corrected chi connectivity index (χ0v) is 18.1. The van der Waals surface area contributed by atoms with Crippen LogP contribution in [0.4, 0.5) is 4.79 Å². The lowest BCUT2D eigenvalue weighted by atomic mass is 9.98. The molecule has 3 aromatic carbocycles. The Morgan fingerprint density at radius 3 is 2.25 bits per heavy atom. The van der Waals surface area contributed by atoms with E-state index in [2.05, 4.69) is 29.6 Å². The number of carbonyl (C=O) groups excluding carboxylic acids is 1. The zero-order chi connectivity index (χ0) is 22.7. The number of carboxylic acids is 1. The maximum atomic E-state index is 12.4. The van der Waals surface area contributed by atoms with Crippen LogP contribution in [0.15, 0.2) is 66.7 Å². The van der Waals surface area contributed by atoms with Crippen molar-refractivity contribution in [2.45, 2.75) is 18.9 Å². The van der Waals surface area contributed by atoms with E-state index in [0.29, 0.717) is 0 Å². The standard InChI is InChI=1S/C25H22ClNO5/c1-15(13-31-22-12-6-11-20(23(22)26)24(28)29)27-25(30)32-14-21-18-9-4-2-7-16(18)17-8-3-5-10-19(17)21/h2-12,15,21H,13-14H2,1H3,(H,27,30)(H,28,29). The molecule has 0 aromatic heterocycles. The van der Waals surface area contributed by atoms with Crippen LogP contribution in [-0.2, 0) is 4.74 Å². The molecule has 1 aliphatic carbocycles. The van der Waals surface area contributed by atoms with Crippen LogP contribution in [0.3, 0.4) is 0 Å². The minimum Gasteiger partial charge on any atom is -0.490 e. The number of rotatable bonds is 7. The van der Waals surface area contributed by atoms with E-state index in [1.807, 2.05) is 24.3 Å². The molecule has 1 amide bonds. The summed E-state index contributed by atoms with van der Waals surface area (Å²) in [5.74, 6) is -0.907. The Morgan fingerprint density at radius 2 is 1.62 bits per heavy atom. The summed E-state index contributed by atoms with van der Waals surface area (Å²) in [7, 11) is 0. The molecule has 0 aliphatic heterocycles. The van der Waals surface area contributed by atoms with Gasteiger partial charge < -0.3 is 19.9 Å². The molecule has 0 saturated heterocycles. The minimum atomic E-state index is -1.13. The number of aromatic carboxylic acids is 1. The van der Waals surface area contributed by atoms with Crippen molar-refractivity contribution >= 4 is 23.7 Å². The number of nitrogens with one attached hydrogen (secondary N) is 1. The van der Waals surface area contributed by atoms with Gasteiger partial charge in [-0.3, -0.25) is 0 Å². The Hall–Kier alpha value is -3.51. The number of ether oxygens (including phenoxy) is 2. The molecule has 1 aliphatic rings. The first-order chi connectivity index (χ1) is 15.5. The second-order valence-corrected chi connectivity index (χ2v) is 7.98. The fraction of sp³-hybridized carbons (Fsp3) is 0.200. The first-order valence-corrected chi connectivity index (χ1v) is 10.6. The fourth-order valence-corrected chi connectivity index (χ4v) is 4.15. The second kappa shape index (κ2) is 9.32. The summed E-state index contributed by atoms with van der Waals surface area (Å²) in [5, 5.41) is 11.9. The van der Waals surface area contributed by atoms with E-state index < -0.39 is 12.1 Å². The summed E-state index contributed by atoms with van der Waals surface area (Å²) < 4.78 is 11.1. The fourth-order valence-electron chi connectivity index (χ4n) is 3.89. The van der Waals surface area contributed by atoms with Gasteiger partial charge in [0.1, 0.15) is 19.0 Å². The van der Waals surface area contributed by atoms with Gasteiger partial charge in [-0.15, -0.1) is 0 Å². The molecule has 164 valence electrons. The van der Waals surface area contributed by atoms with Gasteiger partial charge in [0.05, 0.1) is 16.6 Å². The third kappa shape index (κ3) is 4.41. The van der Waals surface area contributed by atoms with Gasteiger partial charge in [0, 0.05) is 5.92 Å². The molecule has 0 bridgehead atoms. The Labute approximate surface area is 190 Å². The Kier molecular flexibility index (Phi) is 6.32. The molecule has 2 N–H and O–H groups in total. The zero-order valence-electron chi connectivity index (χ0n) is 17.4. The first kappa shape index (κ1) is 21.7. The molecule has 6 nitrogen and oxygen atoms in total. The van der Waals surface area contributed by atoms with Gasteiger partial charge in [0.15, 0.2) is 0 Å². The molecule has 1 unspecified atom stereocenters. The highest BCUT2D eigenvalue weighted by molar-refractivity contribution is 6.34. The van der Waals surface area contributed by atoms with Gasteiger partial charge in [-0.25, -0.2) is 9.59 Å². The van der Waals surface area contributed by atoms with Crippen LogP contribution < -0.4 is 10.1 Å². The molecule has 3 aromatic rings. The average Bonchev–Trinajstić information content (AvgIpc) is 3.10. The number of halogens is 1. The maximum Gasteiger partial charge on any atom is 0.407 e. The van der Waals surface area contributed by atoms with Crippen LogP contribution in [0.5, 0.6) is 5.75 Å². The maximum absolute atomic E-state index is 12.4. The summed E-state index contributed by atoms with van der Waals surface area (Å²) in [6.07, 6.45) is -0.548. The summed E-state index contributed by atoms with van der Waals surface area (Å²) in [6.45, 7) is 2.09. The van der Waals surface area contributed by atoms with Gasteiger partial charge in [-0.05, 0) is 41.3 Å². The molecule has 32 heavy (non-hydrogen) atoms. The van der Waals surface area contributed by atoms with Gasteiger partial charge in [-0.1, -0.05) is 66.2 Å². The number of hydrogen-bond donors (Lipinski definition) is 2. The predicted octanol–water partition coefficient (Wildman–Crippen LogP) is 5.34. The van der Waals surface area contributed by atoms with Gasteiger partial charge in [0.25, 0.3) is 0 Å². The largest absolute Gasteiger partial charge is 0.490 e. The number of hydrogen-bond acceptors (Lipinski definition) is 4. The van der Waals surface area contributed by atoms with Crippen LogP contribution in [0.1, 0.15) is 34.3 Å². The topological polar surface area (TPSA) is 84.9 Å². The molecule has 7 heteroatoms. The van der Waals surface area contributed by atoms with Crippen LogP contribution >= 0.6 is 11.6 Å². The quantitative estimate of drug-likeness (QED) is 0.506. The van der Waals surface area contributed by atoms with Crippen LogP contribution in [0.25, 0.3) is 11.1 Å². The highest BCUT2D eigenvalue weighted by Gasteiger charge is 2.29. The Morgan fingerprint density at radius 1 is 1.00 bits per heavy atom. The van der Waals surface area contributed by atoms with Gasteiger partial charge in [0.2, 0.25) is 0 Å². The van der Waals surface area contributed by atoms with Crippen molar-refractivity contribution in [3.8, 4) is 16.9 Å². The lowest BCUT2D eigenvalue weighted by Crippen LogP contribution is -2.37. The molecule has 0 fully saturated rings. The lowest BCUT2D eigenvalue weighted by Gasteiger charge is -2.18. The molecular formula is C25H22ClNO5. The molecule has 0 spiro atoms. The second-order valence-electron chi connectivity index (χ2n) is 7.60. The third-order valence-electron chi connectivity index (χ3n) is 5.39. The van der Waals surface area contributed by atoms with Crippen molar-refractivity contribution in [3.05, 3.63) is 88.4 Å². The average molecular weight is 452 g/mol. The number of alkyl carbamates (subject to hydrolysis) is 1. The summed E-state index contributed by atoms with van der Waals surface area (Å²) in [5.41, 5.74) is 4.58. The van der Waals surface area contributed by atoms with E-state index in [1.165, 1.54) is 17.2 Å². The summed E-state index contributed by atoms with van der Waals surface area (Å²) >= 11 is 6.08. The normalized spacial score (nSPS) is 13.1. The summed E-state index contributed by atoms with van der Waals surface area (Å²) in [6, 6.07) is 20.4. The number of amides is 1. The van der Waals surface area contributed by atoms with Crippen molar-refractivity contribution < 1.29 is 24.2 Å². The SMILES string of the molecule is CC(COc1cccc(C(=O)O)c1Cl)NC(=O)OCC1c2ccccc2-c2ccccc21. The van der Waals surface area contributed by atoms with E-state index in [0.717, 1.165) is 11.1 Å². The van der Waals surface area contributed by atoms with Crippen molar-refractivity contribution in [3.63, 3.8) is 0 Å². The van der Waals surface area contributed by atoms with E-state index in [9.17, 15) is 9.59 Å². The Bertz CT molecular complexity index is 1120. The number of carboxylic acid groups (broad SMARTS) is 1. The molecule has 4 rings (SSSR count). The van der Waals surface area contributed by atoms with E-state index in [-0.39, 0.29) is 41.5 Å². The van der Waals surface area contributed by atoms with Gasteiger partial charge >= 0.3 is 12.1 Å². The van der Waals surface area contributed by atoms with Crippen LogP contribution in [0, 0.1) is 0 Å². The number of fused-ring (bicyclic) bond motifs is 3. The van der Waals surface area contributed by atoms with E-state index >= 15 is 0 Å². The van der Waals surface area contributed by atoms with Crippen molar-refractivity contribution in [1.29, 1.82) is 0 Å². The highest BCUT2D eigenvalue weighted by atomic mass is 35.5. The van der Waals surface area contributed by atoms with Crippen molar-refractivity contribution in [2.75, 3.05) is 13.2 Å². The summed E-state index contributed by atoms with van der Waals surface area (Å²) in [4.78, 5) is 23.5. The van der Waals surface area contributed by atoms with Crippen molar-refractivity contribution in [1.82, 2.24) is 5.32 Å². The van der Waals surface area contributed by atoms with E-state index in [4.69, 9.17) is 26.2 Å². The monoisotopic (exact) mass is 451 g/mol.